The second-order valence-electron chi connectivity index (χ2n) is 7.54. The molecular formula is C16H30. The van der Waals surface area contributed by atoms with Crippen LogP contribution in [-0.2, 0) is 0 Å². The van der Waals surface area contributed by atoms with Gasteiger partial charge in [0.1, 0.15) is 0 Å². The molecule has 1 atom stereocenters. The minimum absolute atomic E-state index is 0.553. The molecular weight excluding hydrogens is 192 g/mol. The maximum atomic E-state index is 2.61. The highest BCUT2D eigenvalue weighted by Gasteiger charge is 2.53. The molecule has 0 aromatic rings. The summed E-state index contributed by atoms with van der Waals surface area (Å²) in [5.74, 6) is 0. The van der Waals surface area contributed by atoms with Crippen molar-refractivity contribution >= 4 is 0 Å². The highest BCUT2D eigenvalue weighted by Crippen LogP contribution is 2.63. The zero-order valence-corrected chi connectivity index (χ0v) is 11.9. The van der Waals surface area contributed by atoms with Gasteiger partial charge >= 0.3 is 0 Å². The van der Waals surface area contributed by atoms with Gasteiger partial charge in [0.05, 0.1) is 0 Å². The first-order valence-corrected chi connectivity index (χ1v) is 7.41. The largest absolute Gasteiger partial charge is 0.0594 e. The summed E-state index contributed by atoms with van der Waals surface area (Å²) in [5, 5.41) is 0. The molecule has 0 radical (unpaired) electrons. The molecule has 2 saturated carbocycles. The number of hydrogen-bond donors (Lipinski definition) is 0. The van der Waals surface area contributed by atoms with Gasteiger partial charge in [-0.3, -0.25) is 0 Å². The average Bonchev–Trinajstić information content (AvgIpc) is 2.23. The second kappa shape index (κ2) is 4.03. The summed E-state index contributed by atoms with van der Waals surface area (Å²) < 4.78 is 0. The van der Waals surface area contributed by atoms with E-state index < -0.39 is 0 Å². The molecule has 0 N–H and O–H groups in total. The molecule has 0 aromatic heterocycles. The summed E-state index contributed by atoms with van der Waals surface area (Å²) in [5.41, 5.74) is 1.76. The Hall–Kier alpha value is 0. The van der Waals surface area contributed by atoms with Crippen LogP contribution in [0.25, 0.3) is 0 Å². The molecule has 0 aromatic carbocycles. The molecule has 2 fully saturated rings. The van der Waals surface area contributed by atoms with Crippen molar-refractivity contribution in [2.24, 2.45) is 16.2 Å². The summed E-state index contributed by atoms with van der Waals surface area (Å²) in [6, 6.07) is 0. The normalized spacial score (nSPS) is 38.2. The van der Waals surface area contributed by atoms with Crippen molar-refractivity contribution in [1.82, 2.24) is 0 Å². The van der Waals surface area contributed by atoms with Gasteiger partial charge in [-0.05, 0) is 41.9 Å². The van der Waals surface area contributed by atoms with E-state index in [1.165, 1.54) is 57.8 Å². The van der Waals surface area contributed by atoms with Crippen LogP contribution in [0, 0.1) is 16.2 Å². The fourth-order valence-corrected chi connectivity index (χ4v) is 4.66. The Morgan fingerprint density at radius 3 is 1.62 bits per heavy atom. The van der Waals surface area contributed by atoms with E-state index in [0.29, 0.717) is 16.2 Å². The van der Waals surface area contributed by atoms with Crippen LogP contribution in [0.2, 0.25) is 0 Å². The first kappa shape index (κ1) is 12.5. The molecule has 0 aliphatic heterocycles. The molecule has 2 aliphatic carbocycles. The van der Waals surface area contributed by atoms with Crippen molar-refractivity contribution in [3.05, 3.63) is 0 Å². The molecule has 0 spiro atoms. The van der Waals surface area contributed by atoms with Gasteiger partial charge in [0, 0.05) is 0 Å². The van der Waals surface area contributed by atoms with Crippen LogP contribution in [0.3, 0.4) is 0 Å². The molecule has 0 nitrogen and oxygen atoms in total. The summed E-state index contributed by atoms with van der Waals surface area (Å²) >= 11 is 0. The minimum Gasteiger partial charge on any atom is -0.0594 e. The van der Waals surface area contributed by atoms with Gasteiger partial charge in [0.15, 0.2) is 0 Å². The highest BCUT2D eigenvalue weighted by atomic mass is 14.6. The lowest BCUT2D eigenvalue weighted by Crippen LogP contribution is -2.50. The molecule has 2 aliphatic rings. The summed E-state index contributed by atoms with van der Waals surface area (Å²) in [4.78, 5) is 0. The van der Waals surface area contributed by atoms with Gasteiger partial charge in [0.2, 0.25) is 0 Å². The maximum absolute atomic E-state index is 2.61. The van der Waals surface area contributed by atoms with E-state index in [9.17, 15) is 0 Å². The number of rotatable bonds is 1. The zero-order chi connectivity index (χ0) is 11.9. The Morgan fingerprint density at radius 2 is 1.06 bits per heavy atom. The molecule has 0 bridgehead atoms. The fraction of sp³-hybridized carbons (Fsp3) is 1.00. The van der Waals surface area contributed by atoms with E-state index in [1.807, 2.05) is 0 Å². The summed E-state index contributed by atoms with van der Waals surface area (Å²) in [6.45, 7) is 10.3. The van der Waals surface area contributed by atoms with Crippen molar-refractivity contribution in [3.63, 3.8) is 0 Å². The van der Waals surface area contributed by atoms with Crippen molar-refractivity contribution in [2.45, 2.75) is 85.5 Å². The second-order valence-corrected chi connectivity index (χ2v) is 7.54. The lowest BCUT2D eigenvalue weighted by atomic mass is 9.45. The SMILES string of the molecule is CC1(C)CCCCC1(C)C1(C)CCCCC1. The first-order valence-electron chi connectivity index (χ1n) is 7.41. The van der Waals surface area contributed by atoms with Crippen LogP contribution in [0.5, 0.6) is 0 Å². The molecule has 16 heavy (non-hydrogen) atoms. The van der Waals surface area contributed by atoms with Gasteiger partial charge in [-0.25, -0.2) is 0 Å². The van der Waals surface area contributed by atoms with Gasteiger partial charge in [-0.15, -0.1) is 0 Å². The van der Waals surface area contributed by atoms with Crippen LogP contribution >= 0.6 is 0 Å². The van der Waals surface area contributed by atoms with Crippen LogP contribution in [0.1, 0.15) is 85.5 Å². The monoisotopic (exact) mass is 222 g/mol. The third kappa shape index (κ3) is 1.73. The quantitative estimate of drug-likeness (QED) is 0.544. The molecule has 1 unspecified atom stereocenters. The smallest absolute Gasteiger partial charge is 0.0221 e. The van der Waals surface area contributed by atoms with E-state index >= 15 is 0 Å². The van der Waals surface area contributed by atoms with Gasteiger partial charge in [-0.2, -0.15) is 0 Å². The van der Waals surface area contributed by atoms with Gasteiger partial charge < -0.3 is 0 Å². The molecule has 0 heterocycles. The third-order valence-corrected chi connectivity index (χ3v) is 6.51. The lowest BCUT2D eigenvalue weighted by Gasteiger charge is -2.59. The minimum atomic E-state index is 0.553. The van der Waals surface area contributed by atoms with E-state index in [1.54, 1.807) is 0 Å². The fourth-order valence-electron chi connectivity index (χ4n) is 4.66. The zero-order valence-electron chi connectivity index (χ0n) is 11.9. The van der Waals surface area contributed by atoms with Crippen molar-refractivity contribution in [2.75, 3.05) is 0 Å². The standard InChI is InChI=1S/C16H30/c1-14(2)10-8-9-13-16(14,4)15(3)11-6-5-7-12-15/h5-13H2,1-4H3. The summed E-state index contributed by atoms with van der Waals surface area (Å²) in [7, 11) is 0. The molecule has 0 amide bonds. The van der Waals surface area contributed by atoms with Crippen molar-refractivity contribution in [1.29, 1.82) is 0 Å². The van der Waals surface area contributed by atoms with E-state index in [-0.39, 0.29) is 0 Å². The maximum Gasteiger partial charge on any atom is -0.0221 e. The lowest BCUT2D eigenvalue weighted by molar-refractivity contribution is -0.0980. The van der Waals surface area contributed by atoms with E-state index in [2.05, 4.69) is 27.7 Å². The van der Waals surface area contributed by atoms with E-state index in [0.717, 1.165) is 0 Å². The van der Waals surface area contributed by atoms with Gasteiger partial charge in [-0.1, -0.05) is 59.8 Å². The summed E-state index contributed by atoms with van der Waals surface area (Å²) in [6.07, 6.45) is 13.2. The number of hydrogen-bond acceptors (Lipinski definition) is 0. The van der Waals surface area contributed by atoms with Gasteiger partial charge in [0.25, 0.3) is 0 Å². The van der Waals surface area contributed by atoms with E-state index in [4.69, 9.17) is 0 Å². The topological polar surface area (TPSA) is 0 Å². The Kier molecular flexibility index (Phi) is 3.14. The van der Waals surface area contributed by atoms with Crippen LogP contribution in [-0.4, -0.2) is 0 Å². The Labute approximate surface area is 102 Å². The highest BCUT2D eigenvalue weighted by molar-refractivity contribution is 5.03. The predicted molar refractivity (Wildman–Crippen MR) is 71.5 cm³/mol. The predicted octanol–water partition coefficient (Wildman–Crippen LogP) is 5.56. The average molecular weight is 222 g/mol. The molecule has 2 rings (SSSR count). The Bertz CT molecular complexity index is 245. The molecule has 94 valence electrons. The van der Waals surface area contributed by atoms with Crippen LogP contribution in [0.4, 0.5) is 0 Å². The van der Waals surface area contributed by atoms with Crippen LogP contribution < -0.4 is 0 Å². The van der Waals surface area contributed by atoms with Crippen LogP contribution in [0.15, 0.2) is 0 Å². The van der Waals surface area contributed by atoms with Crippen molar-refractivity contribution in [3.8, 4) is 0 Å². The Morgan fingerprint density at radius 1 is 0.562 bits per heavy atom. The third-order valence-electron chi connectivity index (χ3n) is 6.51. The Balaban J connectivity index is 2.27. The molecule has 0 saturated heterocycles. The first-order chi connectivity index (χ1) is 7.41. The molecule has 0 heteroatoms. The van der Waals surface area contributed by atoms with Crippen molar-refractivity contribution < 1.29 is 0 Å².